The third kappa shape index (κ3) is 14.3. The molecule has 12 heteroatoms. The second-order valence-corrected chi connectivity index (χ2v) is 12.2. The molecule has 12 nitrogen and oxygen atoms in total. The Hall–Kier alpha value is -3.77. The van der Waals surface area contributed by atoms with Crippen LogP contribution in [-0.4, -0.2) is 88.0 Å². The fourth-order valence-corrected chi connectivity index (χ4v) is 5.60. The highest BCUT2D eigenvalue weighted by molar-refractivity contribution is 5.94. The third-order valence-electron chi connectivity index (χ3n) is 8.42. The van der Waals surface area contributed by atoms with Crippen molar-refractivity contribution in [3.63, 3.8) is 0 Å². The molecule has 0 aromatic heterocycles. The zero-order chi connectivity index (χ0) is 34.7. The maximum Gasteiger partial charge on any atom is 0.337 e. The van der Waals surface area contributed by atoms with Crippen molar-refractivity contribution in [1.82, 2.24) is 5.32 Å². The van der Waals surface area contributed by atoms with E-state index in [1.54, 1.807) is 12.1 Å². The number of benzene rings is 1. The lowest BCUT2D eigenvalue weighted by atomic mass is 9.82. The third-order valence-corrected chi connectivity index (χ3v) is 8.42. The van der Waals surface area contributed by atoms with E-state index in [0.717, 1.165) is 69.8 Å². The number of ketones is 1. The standard InChI is InChI=1S/C35H52N2O10/c1-2-3-4-7-10-13-28(38)14-11-8-5-6-9-12-15-29(35(46,34(44)45)25-31(39)40)32(41)36-30(33(42)43)24-26-16-18-27(19-17-26)37-20-22-47-23-21-37/h12,15-19,29-30,46H,2-11,13-14,20-25H2,1H3,(H,36,41)(H,39,40)(H,42,43)(H,44,45)/b15-12+. The monoisotopic (exact) mass is 660 g/mol. The van der Waals surface area contributed by atoms with E-state index in [9.17, 15) is 44.4 Å². The molecule has 1 fully saturated rings. The number of morpholine rings is 1. The van der Waals surface area contributed by atoms with E-state index in [1.807, 2.05) is 12.1 Å². The number of Topliss-reactive ketones (excluding diaryl/α,β-unsaturated/α-hetero) is 1. The molecule has 1 aromatic carbocycles. The van der Waals surface area contributed by atoms with Gasteiger partial charge in [0.15, 0.2) is 5.60 Å². The number of carbonyl (C=O) groups is 5. The van der Waals surface area contributed by atoms with E-state index in [0.29, 0.717) is 44.5 Å². The Bertz CT molecular complexity index is 1180. The number of carboxylic acids is 3. The van der Waals surface area contributed by atoms with Crippen LogP contribution >= 0.6 is 0 Å². The second-order valence-electron chi connectivity index (χ2n) is 12.2. The number of hydrogen-bond acceptors (Lipinski definition) is 8. The quantitative estimate of drug-likeness (QED) is 0.0782. The number of aliphatic carboxylic acids is 3. The lowest BCUT2D eigenvalue weighted by molar-refractivity contribution is -0.172. The predicted octanol–water partition coefficient (Wildman–Crippen LogP) is 4.37. The zero-order valence-corrected chi connectivity index (χ0v) is 27.5. The molecule has 5 N–H and O–H groups in total. The fourth-order valence-electron chi connectivity index (χ4n) is 5.60. The van der Waals surface area contributed by atoms with Crippen molar-refractivity contribution in [3.8, 4) is 0 Å². The number of allylic oxidation sites excluding steroid dienone is 1. The zero-order valence-electron chi connectivity index (χ0n) is 27.5. The Morgan fingerprint density at radius 1 is 0.894 bits per heavy atom. The SMILES string of the molecule is CCCCCCCC(=O)CCCCCC/C=C/C(C(=O)NC(Cc1ccc(N2CCOCC2)cc1)C(=O)O)C(O)(CC(=O)O)C(=O)O. The summed E-state index contributed by atoms with van der Waals surface area (Å²) in [5, 5.41) is 42.2. The van der Waals surface area contributed by atoms with E-state index in [2.05, 4.69) is 17.1 Å². The number of aliphatic hydroxyl groups is 1. The number of ether oxygens (including phenoxy) is 1. The van der Waals surface area contributed by atoms with Crippen molar-refractivity contribution in [2.24, 2.45) is 5.92 Å². The normalized spacial score (nSPS) is 15.9. The highest BCUT2D eigenvalue weighted by Gasteiger charge is 2.49. The molecule has 1 aliphatic heterocycles. The Kier molecular flexibility index (Phi) is 17.8. The predicted molar refractivity (Wildman–Crippen MR) is 176 cm³/mol. The molecule has 1 amide bonds. The summed E-state index contributed by atoms with van der Waals surface area (Å²) in [7, 11) is 0. The number of carbonyl (C=O) groups excluding carboxylic acids is 2. The van der Waals surface area contributed by atoms with Gasteiger partial charge in [0.05, 0.1) is 25.6 Å². The first-order chi connectivity index (χ1) is 22.5. The Morgan fingerprint density at radius 2 is 1.49 bits per heavy atom. The summed E-state index contributed by atoms with van der Waals surface area (Å²) in [6.07, 6.45) is 11.4. The molecule has 0 bridgehead atoms. The number of unbranched alkanes of at least 4 members (excludes halogenated alkanes) is 8. The van der Waals surface area contributed by atoms with Crippen LogP contribution in [0.2, 0.25) is 0 Å². The number of amides is 1. The number of hydrogen-bond donors (Lipinski definition) is 5. The average molecular weight is 661 g/mol. The van der Waals surface area contributed by atoms with Gasteiger partial charge in [0, 0.05) is 38.0 Å². The van der Waals surface area contributed by atoms with Gasteiger partial charge in [-0.05, 0) is 43.4 Å². The molecule has 1 saturated heterocycles. The lowest BCUT2D eigenvalue weighted by Gasteiger charge is -2.30. The van der Waals surface area contributed by atoms with Crippen molar-refractivity contribution >= 4 is 35.3 Å². The molecule has 0 radical (unpaired) electrons. The van der Waals surface area contributed by atoms with Gasteiger partial charge in [0.2, 0.25) is 5.91 Å². The van der Waals surface area contributed by atoms with Crippen LogP contribution in [0.4, 0.5) is 5.69 Å². The van der Waals surface area contributed by atoms with Gasteiger partial charge in [0.1, 0.15) is 11.8 Å². The molecule has 0 saturated carbocycles. The van der Waals surface area contributed by atoms with E-state index in [1.165, 1.54) is 12.5 Å². The van der Waals surface area contributed by atoms with Gasteiger partial charge in [-0.15, -0.1) is 0 Å². The number of nitrogens with zero attached hydrogens (tertiary/aromatic N) is 1. The Morgan fingerprint density at radius 3 is 2.04 bits per heavy atom. The molecule has 262 valence electrons. The van der Waals surface area contributed by atoms with E-state index >= 15 is 0 Å². The van der Waals surface area contributed by atoms with Crippen LogP contribution in [0.3, 0.4) is 0 Å². The van der Waals surface area contributed by atoms with Crippen molar-refractivity contribution in [2.45, 2.75) is 108 Å². The minimum atomic E-state index is -3.01. The van der Waals surface area contributed by atoms with Crippen LogP contribution in [0.25, 0.3) is 0 Å². The minimum Gasteiger partial charge on any atom is -0.481 e. The van der Waals surface area contributed by atoms with Crippen LogP contribution < -0.4 is 10.2 Å². The molecule has 1 heterocycles. The first-order valence-corrected chi connectivity index (χ1v) is 16.8. The van der Waals surface area contributed by atoms with E-state index in [4.69, 9.17) is 4.74 Å². The van der Waals surface area contributed by atoms with Gasteiger partial charge >= 0.3 is 17.9 Å². The topological polar surface area (TPSA) is 191 Å². The molecular formula is C35H52N2O10. The first-order valence-electron chi connectivity index (χ1n) is 16.8. The molecular weight excluding hydrogens is 608 g/mol. The van der Waals surface area contributed by atoms with Gasteiger partial charge in [-0.1, -0.05) is 69.7 Å². The van der Waals surface area contributed by atoms with Crippen molar-refractivity contribution in [2.75, 3.05) is 31.2 Å². The van der Waals surface area contributed by atoms with Crippen LogP contribution in [0, 0.1) is 5.92 Å². The van der Waals surface area contributed by atoms with Crippen LogP contribution in [0.5, 0.6) is 0 Å². The first kappa shape index (κ1) is 39.4. The molecule has 0 aliphatic carbocycles. The van der Waals surface area contributed by atoms with E-state index in [-0.39, 0.29) is 12.2 Å². The van der Waals surface area contributed by atoms with Gasteiger partial charge in [-0.3, -0.25) is 14.4 Å². The lowest BCUT2D eigenvalue weighted by Crippen LogP contribution is -2.55. The molecule has 0 spiro atoms. The highest BCUT2D eigenvalue weighted by atomic mass is 16.5. The van der Waals surface area contributed by atoms with Gasteiger partial charge < -0.3 is 35.4 Å². The maximum atomic E-state index is 13.3. The van der Waals surface area contributed by atoms with Gasteiger partial charge in [0.25, 0.3) is 0 Å². The molecule has 3 atom stereocenters. The van der Waals surface area contributed by atoms with Crippen LogP contribution in [0.15, 0.2) is 36.4 Å². The number of nitrogens with one attached hydrogen (secondary N) is 1. The van der Waals surface area contributed by atoms with Gasteiger partial charge in [-0.25, -0.2) is 9.59 Å². The summed E-state index contributed by atoms with van der Waals surface area (Å²) in [5.74, 6) is -7.62. The smallest absolute Gasteiger partial charge is 0.337 e. The minimum absolute atomic E-state index is 0.118. The summed E-state index contributed by atoms with van der Waals surface area (Å²) in [6.45, 7) is 4.82. The molecule has 47 heavy (non-hydrogen) atoms. The maximum absolute atomic E-state index is 13.3. The summed E-state index contributed by atoms with van der Waals surface area (Å²) < 4.78 is 5.37. The number of rotatable bonds is 24. The summed E-state index contributed by atoms with van der Waals surface area (Å²) in [6, 6.07) is 5.71. The van der Waals surface area contributed by atoms with Gasteiger partial charge in [-0.2, -0.15) is 0 Å². The summed E-state index contributed by atoms with van der Waals surface area (Å²) in [4.78, 5) is 63.2. The summed E-state index contributed by atoms with van der Waals surface area (Å²) >= 11 is 0. The van der Waals surface area contributed by atoms with Crippen molar-refractivity contribution in [1.29, 1.82) is 0 Å². The van der Waals surface area contributed by atoms with Crippen LogP contribution in [-0.2, 0) is 35.1 Å². The largest absolute Gasteiger partial charge is 0.481 e. The van der Waals surface area contributed by atoms with Crippen LogP contribution in [0.1, 0.15) is 96.0 Å². The number of anilines is 1. The van der Waals surface area contributed by atoms with Crippen molar-refractivity contribution < 1.29 is 49.1 Å². The molecule has 3 unspecified atom stereocenters. The van der Waals surface area contributed by atoms with E-state index < -0.39 is 47.8 Å². The second kappa shape index (κ2) is 21.2. The van der Waals surface area contributed by atoms with Crippen molar-refractivity contribution in [3.05, 3.63) is 42.0 Å². The highest BCUT2D eigenvalue weighted by Crippen LogP contribution is 2.26. The number of carboxylic acid groups (broad SMARTS) is 3. The molecule has 1 aliphatic rings. The Labute approximate surface area is 277 Å². The summed E-state index contributed by atoms with van der Waals surface area (Å²) in [5.41, 5.74) is -1.46. The molecule has 1 aromatic rings. The fraction of sp³-hybridized carbons (Fsp3) is 0.629. The average Bonchev–Trinajstić information content (AvgIpc) is 3.03. The molecule has 2 rings (SSSR count). The Balaban J connectivity index is 1.99.